The molecule has 24 heavy (non-hydrogen) atoms. The quantitative estimate of drug-likeness (QED) is 0.784. The number of piperidine rings is 1. The van der Waals surface area contributed by atoms with E-state index in [1.54, 1.807) is 23.1 Å². The highest BCUT2D eigenvalue weighted by atomic mass is 35.5. The second kappa shape index (κ2) is 6.86. The number of urea groups is 2. The van der Waals surface area contributed by atoms with E-state index in [0.717, 1.165) is 0 Å². The molecular formula is C15H16Cl2N4O3. The first-order valence-corrected chi connectivity index (χ1v) is 8.32. The van der Waals surface area contributed by atoms with Crippen molar-refractivity contribution < 1.29 is 14.4 Å². The van der Waals surface area contributed by atoms with Gasteiger partial charge in [-0.25, -0.2) is 9.59 Å². The second-order valence-electron chi connectivity index (χ2n) is 5.70. The third kappa shape index (κ3) is 3.42. The van der Waals surface area contributed by atoms with Crippen LogP contribution in [0.4, 0.5) is 15.3 Å². The molecule has 128 valence electrons. The first-order valence-electron chi connectivity index (χ1n) is 7.56. The number of hydrogen-bond donors (Lipinski definition) is 2. The minimum atomic E-state index is -0.348. The van der Waals surface area contributed by atoms with Crippen LogP contribution in [-0.2, 0) is 4.79 Å². The summed E-state index contributed by atoms with van der Waals surface area (Å²) in [7, 11) is 0. The van der Waals surface area contributed by atoms with Crippen molar-refractivity contribution in [2.75, 3.05) is 25.0 Å². The fourth-order valence-corrected chi connectivity index (χ4v) is 3.21. The Morgan fingerprint density at radius 2 is 1.88 bits per heavy atom. The van der Waals surface area contributed by atoms with Gasteiger partial charge in [0.25, 0.3) is 0 Å². The van der Waals surface area contributed by atoms with E-state index >= 15 is 0 Å². The summed E-state index contributed by atoms with van der Waals surface area (Å²) in [6.07, 6.45) is 1.13. The maximum absolute atomic E-state index is 12.3. The summed E-state index contributed by atoms with van der Waals surface area (Å²) in [5, 5.41) is 6.07. The number of carbonyl (C=O) groups is 3. The number of nitrogens with zero attached hydrogens (tertiary/aromatic N) is 2. The minimum absolute atomic E-state index is 0.0524. The second-order valence-corrected chi connectivity index (χ2v) is 6.51. The average molecular weight is 371 g/mol. The van der Waals surface area contributed by atoms with E-state index < -0.39 is 0 Å². The molecule has 5 amide bonds. The fraction of sp³-hybridized carbons (Fsp3) is 0.400. The zero-order chi connectivity index (χ0) is 17.3. The number of benzene rings is 1. The summed E-state index contributed by atoms with van der Waals surface area (Å²) >= 11 is 11.8. The predicted molar refractivity (Wildman–Crippen MR) is 90.3 cm³/mol. The third-order valence-corrected chi connectivity index (χ3v) is 4.91. The maximum Gasteiger partial charge on any atom is 0.324 e. The lowest BCUT2D eigenvalue weighted by Crippen LogP contribution is -2.49. The van der Waals surface area contributed by atoms with Gasteiger partial charge in [0.15, 0.2) is 0 Å². The molecule has 1 aromatic rings. The molecule has 0 radical (unpaired) electrons. The van der Waals surface area contributed by atoms with Crippen LogP contribution in [0, 0.1) is 0 Å². The highest BCUT2D eigenvalue weighted by Crippen LogP contribution is 2.25. The van der Waals surface area contributed by atoms with Gasteiger partial charge in [0.2, 0.25) is 5.91 Å². The van der Waals surface area contributed by atoms with Crippen LogP contribution in [0.5, 0.6) is 0 Å². The molecule has 0 aromatic heterocycles. The first kappa shape index (κ1) is 16.9. The number of likely N-dealkylation sites (tertiary alicyclic amines) is 1. The van der Waals surface area contributed by atoms with Gasteiger partial charge >= 0.3 is 12.1 Å². The summed E-state index contributed by atoms with van der Waals surface area (Å²) in [6, 6.07) is 4.12. The number of halogens is 2. The molecule has 2 saturated heterocycles. The van der Waals surface area contributed by atoms with E-state index in [4.69, 9.17) is 23.2 Å². The number of hydrogen-bond acceptors (Lipinski definition) is 3. The largest absolute Gasteiger partial charge is 0.329 e. The standard InChI is InChI=1S/C15H16Cl2N4O3/c16-11-2-1-9(7-12(11)17)19-15(24)20-5-3-10(4-6-20)21-13(22)8-18-14(21)23/h1-2,7,10H,3-6,8H2,(H,18,23)(H,19,24). The van der Waals surface area contributed by atoms with Gasteiger partial charge in [-0.2, -0.15) is 0 Å². The molecule has 7 nitrogen and oxygen atoms in total. The van der Waals surface area contributed by atoms with Crippen molar-refractivity contribution >= 4 is 46.9 Å². The molecule has 2 aliphatic heterocycles. The number of rotatable bonds is 2. The Labute approximate surface area is 148 Å². The summed E-state index contributed by atoms with van der Waals surface area (Å²) < 4.78 is 0. The smallest absolute Gasteiger partial charge is 0.324 e. The van der Waals surface area contributed by atoms with Gasteiger partial charge in [0.05, 0.1) is 16.6 Å². The molecule has 0 unspecified atom stereocenters. The molecule has 0 bridgehead atoms. The van der Waals surface area contributed by atoms with Crippen molar-refractivity contribution in [2.24, 2.45) is 0 Å². The Hall–Kier alpha value is -1.99. The molecule has 0 saturated carbocycles. The van der Waals surface area contributed by atoms with Gasteiger partial charge in [-0.05, 0) is 31.0 Å². The Bertz CT molecular complexity index is 673. The van der Waals surface area contributed by atoms with E-state index in [1.165, 1.54) is 4.90 Å². The van der Waals surface area contributed by atoms with Gasteiger partial charge in [0, 0.05) is 24.8 Å². The van der Waals surface area contributed by atoms with Crippen LogP contribution in [-0.4, -0.2) is 53.4 Å². The van der Waals surface area contributed by atoms with Crippen molar-refractivity contribution in [3.63, 3.8) is 0 Å². The van der Waals surface area contributed by atoms with E-state index in [2.05, 4.69) is 10.6 Å². The van der Waals surface area contributed by atoms with Crippen LogP contribution in [0.15, 0.2) is 18.2 Å². The summed E-state index contributed by atoms with van der Waals surface area (Å²) in [4.78, 5) is 38.6. The SMILES string of the molecule is O=C(Nc1ccc(Cl)c(Cl)c1)N1CCC(N2C(=O)CNC2=O)CC1. The molecule has 3 rings (SSSR count). The molecule has 9 heteroatoms. The van der Waals surface area contributed by atoms with Gasteiger partial charge in [-0.1, -0.05) is 23.2 Å². The molecule has 0 spiro atoms. The van der Waals surface area contributed by atoms with Crippen molar-refractivity contribution in [2.45, 2.75) is 18.9 Å². The lowest BCUT2D eigenvalue weighted by molar-refractivity contribution is -0.127. The normalized spacial score (nSPS) is 18.8. The topological polar surface area (TPSA) is 81.8 Å². The van der Waals surface area contributed by atoms with E-state index in [0.29, 0.717) is 41.7 Å². The number of nitrogens with one attached hydrogen (secondary N) is 2. The first-order chi connectivity index (χ1) is 11.5. The predicted octanol–water partition coefficient (Wildman–Crippen LogP) is 2.54. The van der Waals surface area contributed by atoms with Gasteiger partial charge in [0.1, 0.15) is 0 Å². The number of amides is 5. The molecule has 2 N–H and O–H groups in total. The zero-order valence-corrected chi connectivity index (χ0v) is 14.2. The van der Waals surface area contributed by atoms with Crippen LogP contribution in [0.3, 0.4) is 0 Å². The Kier molecular flexibility index (Phi) is 4.82. The van der Waals surface area contributed by atoms with Crippen LogP contribution >= 0.6 is 23.2 Å². The molecule has 0 atom stereocenters. The Balaban J connectivity index is 1.56. The van der Waals surface area contributed by atoms with Crippen LogP contribution in [0.1, 0.15) is 12.8 Å². The van der Waals surface area contributed by atoms with Crippen LogP contribution in [0.25, 0.3) is 0 Å². The van der Waals surface area contributed by atoms with Crippen molar-refractivity contribution in [1.82, 2.24) is 15.1 Å². The third-order valence-electron chi connectivity index (χ3n) is 4.17. The summed E-state index contributed by atoms with van der Waals surface area (Å²) in [5.74, 6) is -0.210. The van der Waals surface area contributed by atoms with Gasteiger partial charge < -0.3 is 15.5 Å². The fourth-order valence-electron chi connectivity index (χ4n) is 2.91. The van der Waals surface area contributed by atoms with E-state index in [-0.39, 0.29) is 30.6 Å². The lowest BCUT2D eigenvalue weighted by atomic mass is 10.0. The average Bonchev–Trinajstić information content (AvgIpc) is 2.90. The minimum Gasteiger partial charge on any atom is -0.329 e. The molecule has 2 heterocycles. The van der Waals surface area contributed by atoms with Crippen molar-refractivity contribution in [3.05, 3.63) is 28.2 Å². The van der Waals surface area contributed by atoms with Crippen LogP contribution < -0.4 is 10.6 Å². The monoisotopic (exact) mass is 370 g/mol. The molecule has 1 aromatic carbocycles. The molecule has 0 aliphatic carbocycles. The number of anilines is 1. The van der Waals surface area contributed by atoms with Gasteiger partial charge in [-0.15, -0.1) is 0 Å². The summed E-state index contributed by atoms with van der Waals surface area (Å²) in [6.45, 7) is 0.987. The number of imide groups is 1. The van der Waals surface area contributed by atoms with Crippen molar-refractivity contribution in [3.8, 4) is 0 Å². The molecule has 2 aliphatic rings. The molecule has 2 fully saturated rings. The van der Waals surface area contributed by atoms with E-state index in [1.807, 2.05) is 0 Å². The van der Waals surface area contributed by atoms with E-state index in [9.17, 15) is 14.4 Å². The lowest BCUT2D eigenvalue weighted by Gasteiger charge is -2.35. The van der Waals surface area contributed by atoms with Crippen molar-refractivity contribution in [1.29, 1.82) is 0 Å². The summed E-state index contributed by atoms with van der Waals surface area (Å²) in [5.41, 5.74) is 0.561. The maximum atomic E-state index is 12.3. The Morgan fingerprint density at radius 3 is 2.46 bits per heavy atom. The highest BCUT2D eigenvalue weighted by Gasteiger charge is 2.37. The van der Waals surface area contributed by atoms with Crippen LogP contribution in [0.2, 0.25) is 10.0 Å². The Morgan fingerprint density at radius 1 is 1.17 bits per heavy atom. The molecular weight excluding hydrogens is 355 g/mol. The zero-order valence-electron chi connectivity index (χ0n) is 12.7. The number of carbonyl (C=O) groups excluding carboxylic acids is 3. The highest BCUT2D eigenvalue weighted by molar-refractivity contribution is 6.42. The van der Waals surface area contributed by atoms with Gasteiger partial charge in [-0.3, -0.25) is 9.69 Å².